The van der Waals surface area contributed by atoms with E-state index in [-0.39, 0.29) is 17.9 Å². The normalized spacial score (nSPS) is 13.9. The molecule has 1 fully saturated rings. The second-order valence-electron chi connectivity index (χ2n) is 8.05. The van der Waals surface area contributed by atoms with Crippen molar-refractivity contribution < 1.29 is 19.1 Å². The van der Waals surface area contributed by atoms with Crippen molar-refractivity contribution in [2.24, 2.45) is 0 Å². The van der Waals surface area contributed by atoms with Gasteiger partial charge in [-0.25, -0.2) is 9.59 Å². The summed E-state index contributed by atoms with van der Waals surface area (Å²) in [5, 5.41) is 2.87. The maximum Gasteiger partial charge on any atom is 0.338 e. The number of esters is 1. The lowest BCUT2D eigenvalue weighted by atomic mass is 10.2. The number of urea groups is 1. The third kappa shape index (κ3) is 7.05. The molecule has 1 N–H and O–H groups in total. The molecule has 8 heteroatoms. The van der Waals surface area contributed by atoms with Gasteiger partial charge in [0.25, 0.3) is 0 Å². The van der Waals surface area contributed by atoms with E-state index in [0.717, 1.165) is 18.5 Å². The zero-order valence-electron chi connectivity index (χ0n) is 19.3. The van der Waals surface area contributed by atoms with E-state index in [2.05, 4.69) is 10.2 Å². The van der Waals surface area contributed by atoms with Crippen LogP contribution >= 0.6 is 0 Å². The van der Waals surface area contributed by atoms with Crippen molar-refractivity contribution in [2.75, 3.05) is 56.6 Å². The Morgan fingerprint density at radius 3 is 2.27 bits per heavy atom. The molecule has 8 nitrogen and oxygen atoms in total. The fourth-order valence-corrected chi connectivity index (χ4v) is 3.49. The van der Waals surface area contributed by atoms with Gasteiger partial charge in [-0.1, -0.05) is 31.5 Å². The summed E-state index contributed by atoms with van der Waals surface area (Å²) in [6.45, 7) is 5.10. The minimum Gasteiger partial charge on any atom is -0.462 e. The predicted molar refractivity (Wildman–Crippen MR) is 129 cm³/mol. The molecule has 0 unspecified atom stereocenters. The van der Waals surface area contributed by atoms with E-state index in [1.54, 1.807) is 41.1 Å². The van der Waals surface area contributed by atoms with Crippen LogP contribution in [0.4, 0.5) is 16.2 Å². The van der Waals surface area contributed by atoms with Gasteiger partial charge in [0.2, 0.25) is 5.91 Å². The van der Waals surface area contributed by atoms with Gasteiger partial charge in [0, 0.05) is 44.6 Å². The molecule has 1 aliphatic heterocycles. The summed E-state index contributed by atoms with van der Waals surface area (Å²) in [4.78, 5) is 42.6. The monoisotopic (exact) mass is 452 g/mol. The molecule has 2 aromatic rings. The summed E-state index contributed by atoms with van der Waals surface area (Å²) in [7, 11) is 1.78. The topological polar surface area (TPSA) is 82.2 Å². The average Bonchev–Trinajstić information content (AvgIpc) is 2.85. The fraction of sp³-hybridized carbons (Fsp3) is 0.400. The molecule has 0 spiro atoms. The van der Waals surface area contributed by atoms with Gasteiger partial charge in [0.05, 0.1) is 18.7 Å². The number of nitrogens with zero attached hydrogens (tertiary/aromatic N) is 3. The molecule has 0 aliphatic carbocycles. The van der Waals surface area contributed by atoms with Crippen molar-refractivity contribution in [3.05, 3.63) is 60.2 Å². The fourth-order valence-electron chi connectivity index (χ4n) is 3.49. The lowest BCUT2D eigenvalue weighted by Gasteiger charge is -2.35. The minimum atomic E-state index is -0.357. The zero-order valence-corrected chi connectivity index (χ0v) is 19.3. The van der Waals surface area contributed by atoms with Gasteiger partial charge < -0.3 is 19.9 Å². The van der Waals surface area contributed by atoms with Crippen molar-refractivity contribution in [3.63, 3.8) is 0 Å². The molecule has 3 rings (SSSR count). The Kier molecular flexibility index (Phi) is 8.83. The molecule has 2 aromatic carbocycles. The summed E-state index contributed by atoms with van der Waals surface area (Å²) in [5.41, 5.74) is 1.94. The highest BCUT2D eigenvalue weighted by Gasteiger charge is 2.24. The molecule has 3 amide bonds. The maximum atomic E-state index is 12.6. The van der Waals surface area contributed by atoms with Crippen molar-refractivity contribution >= 4 is 29.3 Å². The SMILES string of the molecule is CCCCOC(=O)c1ccc(NC(=O)N2CCN(CC(=O)N(C)c3ccccc3)CC2)cc1. The first-order valence-corrected chi connectivity index (χ1v) is 11.3. The molecule has 1 aliphatic rings. The number of hydrogen-bond acceptors (Lipinski definition) is 5. The van der Waals surface area contributed by atoms with Crippen LogP contribution in [0.25, 0.3) is 0 Å². The molecule has 0 saturated carbocycles. The van der Waals surface area contributed by atoms with Gasteiger partial charge in [-0.2, -0.15) is 0 Å². The number of piperazine rings is 1. The molecule has 1 heterocycles. The lowest BCUT2D eigenvalue weighted by Crippen LogP contribution is -2.52. The second-order valence-corrected chi connectivity index (χ2v) is 8.05. The minimum absolute atomic E-state index is 0.0208. The van der Waals surface area contributed by atoms with Gasteiger partial charge in [-0.15, -0.1) is 0 Å². The molecule has 0 radical (unpaired) electrons. The first-order valence-electron chi connectivity index (χ1n) is 11.3. The summed E-state index contributed by atoms with van der Waals surface area (Å²) in [6.07, 6.45) is 1.80. The molecule has 1 saturated heterocycles. The predicted octanol–water partition coefficient (Wildman–Crippen LogP) is 3.46. The number of anilines is 2. The van der Waals surface area contributed by atoms with Crippen LogP contribution < -0.4 is 10.2 Å². The van der Waals surface area contributed by atoms with Crippen LogP contribution in [0.2, 0.25) is 0 Å². The number of carbonyl (C=O) groups is 3. The van der Waals surface area contributed by atoms with Crippen molar-refractivity contribution in [1.29, 1.82) is 0 Å². The summed E-state index contributed by atoms with van der Waals surface area (Å²) >= 11 is 0. The lowest BCUT2D eigenvalue weighted by molar-refractivity contribution is -0.119. The number of nitrogens with one attached hydrogen (secondary N) is 1. The largest absolute Gasteiger partial charge is 0.462 e. The maximum absolute atomic E-state index is 12.6. The van der Waals surface area contributed by atoms with Gasteiger partial charge in [-0.05, 0) is 42.8 Å². The summed E-state index contributed by atoms with van der Waals surface area (Å²) in [6, 6.07) is 16.0. The highest BCUT2D eigenvalue weighted by Crippen LogP contribution is 2.14. The standard InChI is InChI=1S/C25H32N4O4/c1-3-4-18-33-24(31)20-10-12-21(13-11-20)26-25(32)29-16-14-28(15-17-29)19-23(30)27(2)22-8-6-5-7-9-22/h5-13H,3-4,14-19H2,1-2H3,(H,26,32). The molecular weight excluding hydrogens is 420 g/mol. The van der Waals surface area contributed by atoms with Gasteiger partial charge in [-0.3, -0.25) is 9.69 Å². The Labute approximate surface area is 195 Å². The quantitative estimate of drug-likeness (QED) is 0.490. The van der Waals surface area contributed by atoms with Crippen LogP contribution in [0.3, 0.4) is 0 Å². The highest BCUT2D eigenvalue weighted by molar-refractivity contribution is 5.94. The van der Waals surface area contributed by atoms with Gasteiger partial charge in [0.15, 0.2) is 0 Å². The Bertz CT molecular complexity index is 925. The van der Waals surface area contributed by atoms with Crippen LogP contribution in [0.1, 0.15) is 30.1 Å². The van der Waals surface area contributed by atoms with E-state index >= 15 is 0 Å². The van der Waals surface area contributed by atoms with E-state index in [1.165, 1.54) is 0 Å². The number of carbonyl (C=O) groups excluding carboxylic acids is 3. The summed E-state index contributed by atoms with van der Waals surface area (Å²) < 4.78 is 5.20. The number of unbranched alkanes of at least 4 members (excludes halogenated alkanes) is 1. The smallest absolute Gasteiger partial charge is 0.338 e. The first-order chi connectivity index (χ1) is 16.0. The molecule has 0 aromatic heterocycles. The molecule has 33 heavy (non-hydrogen) atoms. The van der Waals surface area contributed by atoms with Crippen LogP contribution in [-0.4, -0.2) is 74.1 Å². The Morgan fingerprint density at radius 2 is 1.64 bits per heavy atom. The molecule has 176 valence electrons. The van der Waals surface area contributed by atoms with Crippen molar-refractivity contribution in [1.82, 2.24) is 9.80 Å². The zero-order chi connectivity index (χ0) is 23.6. The molecular formula is C25H32N4O4. The van der Waals surface area contributed by atoms with Crippen molar-refractivity contribution in [3.8, 4) is 0 Å². The molecule has 0 atom stereocenters. The van der Waals surface area contributed by atoms with Gasteiger partial charge in [0.1, 0.15) is 0 Å². The Balaban J connectivity index is 1.43. The summed E-state index contributed by atoms with van der Waals surface area (Å²) in [5.74, 6) is -0.336. The first kappa shape index (κ1) is 24.3. The van der Waals surface area contributed by atoms with Crippen LogP contribution in [0.15, 0.2) is 54.6 Å². The Hall–Kier alpha value is -3.39. The number of hydrogen-bond donors (Lipinski definition) is 1. The van der Waals surface area contributed by atoms with E-state index < -0.39 is 0 Å². The van der Waals surface area contributed by atoms with E-state index in [9.17, 15) is 14.4 Å². The molecule has 0 bridgehead atoms. The van der Waals surface area contributed by atoms with Crippen LogP contribution in [-0.2, 0) is 9.53 Å². The number of rotatable bonds is 8. The van der Waals surface area contributed by atoms with Crippen LogP contribution in [0.5, 0.6) is 0 Å². The van der Waals surface area contributed by atoms with E-state index in [0.29, 0.717) is 50.6 Å². The number of amides is 3. The van der Waals surface area contributed by atoms with Crippen LogP contribution in [0, 0.1) is 0 Å². The van der Waals surface area contributed by atoms with E-state index in [4.69, 9.17) is 4.74 Å². The number of likely N-dealkylation sites (N-methyl/N-ethyl adjacent to an activating group) is 1. The van der Waals surface area contributed by atoms with Gasteiger partial charge >= 0.3 is 12.0 Å². The third-order valence-electron chi connectivity index (χ3n) is 5.64. The number of benzene rings is 2. The van der Waals surface area contributed by atoms with E-state index in [1.807, 2.05) is 37.3 Å². The number of para-hydroxylation sites is 1. The Morgan fingerprint density at radius 1 is 0.970 bits per heavy atom. The highest BCUT2D eigenvalue weighted by atomic mass is 16.5. The third-order valence-corrected chi connectivity index (χ3v) is 5.64. The van der Waals surface area contributed by atoms with Crippen molar-refractivity contribution in [2.45, 2.75) is 19.8 Å². The number of ether oxygens (including phenoxy) is 1. The average molecular weight is 453 g/mol. The second kappa shape index (κ2) is 12.0.